The molecule has 0 amide bonds. The summed E-state index contributed by atoms with van der Waals surface area (Å²) < 4.78 is 1.23. The smallest absolute Gasteiger partial charge is 0.132 e. The molecule has 0 atom stereocenters. The van der Waals surface area contributed by atoms with E-state index in [2.05, 4.69) is 37.3 Å². The largest absolute Gasteiger partial charge is 0.291 e. The van der Waals surface area contributed by atoms with E-state index in [1.54, 1.807) is 0 Å². The van der Waals surface area contributed by atoms with Gasteiger partial charge in [0.1, 0.15) is 5.69 Å². The Morgan fingerprint density at radius 2 is 1.67 bits per heavy atom. The van der Waals surface area contributed by atoms with Gasteiger partial charge in [0.15, 0.2) is 0 Å². The molecule has 0 saturated carbocycles. The van der Waals surface area contributed by atoms with Gasteiger partial charge in [-0.05, 0) is 37.8 Å². The third kappa shape index (κ3) is 2.23. The molecule has 0 radical (unpaired) electrons. The molecular weight excluding hydrogens is 182 g/mol. The zero-order chi connectivity index (χ0) is 10.6. The Kier molecular flexibility index (Phi) is 3.42. The van der Waals surface area contributed by atoms with Crippen LogP contribution >= 0.6 is 0 Å². The van der Waals surface area contributed by atoms with Crippen molar-refractivity contribution in [1.29, 1.82) is 0 Å². The number of quaternary nitrogens is 1. The standard InChI is InChI=1S/C14H22N/c1-2-11-15(12-7-4-8-13-15)14-9-5-3-6-10-14/h3,5-6,9-10H,2,4,7-8,11-13H2,1H3/q+1. The third-order valence-electron chi connectivity index (χ3n) is 3.63. The van der Waals surface area contributed by atoms with E-state index in [-0.39, 0.29) is 0 Å². The average molecular weight is 204 g/mol. The summed E-state index contributed by atoms with van der Waals surface area (Å²) in [4.78, 5) is 0. The molecular formula is C14H22N+. The summed E-state index contributed by atoms with van der Waals surface area (Å²) in [5, 5.41) is 0. The molecule has 1 nitrogen and oxygen atoms in total. The SMILES string of the molecule is CCC[N+]1(c2ccccc2)CCCCC1. The van der Waals surface area contributed by atoms with Crippen molar-refractivity contribution < 1.29 is 0 Å². The molecule has 1 heterocycles. The Labute approximate surface area is 93.3 Å². The number of hydrogen-bond donors (Lipinski definition) is 0. The molecule has 82 valence electrons. The van der Waals surface area contributed by atoms with E-state index >= 15 is 0 Å². The van der Waals surface area contributed by atoms with Crippen LogP contribution in [0.1, 0.15) is 32.6 Å². The summed E-state index contributed by atoms with van der Waals surface area (Å²) >= 11 is 0. The van der Waals surface area contributed by atoms with Crippen molar-refractivity contribution in [2.75, 3.05) is 19.6 Å². The van der Waals surface area contributed by atoms with Crippen LogP contribution < -0.4 is 4.48 Å². The Balaban J connectivity index is 2.25. The first-order chi connectivity index (χ1) is 7.37. The predicted octanol–water partition coefficient (Wildman–Crippen LogP) is 3.59. The van der Waals surface area contributed by atoms with Gasteiger partial charge in [0.25, 0.3) is 0 Å². The molecule has 0 aromatic heterocycles. The molecule has 0 bridgehead atoms. The molecule has 1 aliphatic rings. The molecule has 1 aromatic carbocycles. The monoisotopic (exact) mass is 204 g/mol. The summed E-state index contributed by atoms with van der Waals surface area (Å²) in [5.74, 6) is 0. The van der Waals surface area contributed by atoms with Crippen molar-refractivity contribution >= 4 is 5.69 Å². The van der Waals surface area contributed by atoms with Gasteiger partial charge in [0.05, 0.1) is 19.6 Å². The zero-order valence-corrected chi connectivity index (χ0v) is 9.78. The molecule has 1 aliphatic heterocycles. The lowest BCUT2D eigenvalue weighted by Gasteiger charge is -2.41. The van der Waals surface area contributed by atoms with Gasteiger partial charge in [-0.25, -0.2) is 0 Å². The Bertz CT molecular complexity index is 280. The van der Waals surface area contributed by atoms with Crippen LogP contribution in [-0.2, 0) is 0 Å². The molecule has 15 heavy (non-hydrogen) atoms. The van der Waals surface area contributed by atoms with Crippen LogP contribution in [0, 0.1) is 0 Å². The Hall–Kier alpha value is -0.820. The van der Waals surface area contributed by atoms with E-state index in [0.717, 1.165) is 0 Å². The van der Waals surface area contributed by atoms with E-state index in [1.165, 1.54) is 55.5 Å². The number of rotatable bonds is 3. The minimum Gasteiger partial charge on any atom is -0.291 e. The minimum atomic E-state index is 1.23. The van der Waals surface area contributed by atoms with Gasteiger partial charge < -0.3 is 0 Å². The second-order valence-corrected chi connectivity index (χ2v) is 4.71. The van der Waals surface area contributed by atoms with Gasteiger partial charge in [-0.15, -0.1) is 0 Å². The molecule has 0 N–H and O–H groups in total. The van der Waals surface area contributed by atoms with Gasteiger partial charge in [0.2, 0.25) is 0 Å². The Morgan fingerprint density at radius 3 is 2.27 bits per heavy atom. The zero-order valence-electron chi connectivity index (χ0n) is 9.78. The van der Waals surface area contributed by atoms with Gasteiger partial charge in [-0.2, -0.15) is 0 Å². The first-order valence-electron chi connectivity index (χ1n) is 6.29. The maximum Gasteiger partial charge on any atom is 0.132 e. The van der Waals surface area contributed by atoms with Gasteiger partial charge in [-0.1, -0.05) is 25.1 Å². The van der Waals surface area contributed by atoms with Crippen LogP contribution in [0.5, 0.6) is 0 Å². The topological polar surface area (TPSA) is 0 Å². The average Bonchev–Trinajstić information content (AvgIpc) is 2.32. The first kappa shape index (κ1) is 10.7. The molecule has 0 unspecified atom stereocenters. The minimum absolute atomic E-state index is 1.23. The summed E-state index contributed by atoms with van der Waals surface area (Å²) in [6, 6.07) is 11.1. The van der Waals surface area contributed by atoms with Crippen molar-refractivity contribution in [3.63, 3.8) is 0 Å². The molecule has 1 fully saturated rings. The van der Waals surface area contributed by atoms with Crippen molar-refractivity contribution in [3.05, 3.63) is 30.3 Å². The molecule has 1 aromatic rings. The fourth-order valence-corrected chi connectivity index (χ4v) is 2.90. The van der Waals surface area contributed by atoms with Crippen molar-refractivity contribution in [3.8, 4) is 0 Å². The quantitative estimate of drug-likeness (QED) is 0.660. The number of piperidine rings is 1. The predicted molar refractivity (Wildman–Crippen MR) is 67.0 cm³/mol. The highest BCUT2D eigenvalue weighted by Gasteiger charge is 2.30. The number of nitrogens with zero attached hydrogens (tertiary/aromatic N) is 1. The van der Waals surface area contributed by atoms with E-state index in [4.69, 9.17) is 0 Å². The third-order valence-corrected chi connectivity index (χ3v) is 3.63. The highest BCUT2D eigenvalue weighted by molar-refractivity contribution is 5.42. The van der Waals surface area contributed by atoms with Crippen LogP contribution in [0.4, 0.5) is 5.69 Å². The summed E-state index contributed by atoms with van der Waals surface area (Å²) in [6.07, 6.45) is 5.51. The molecule has 2 rings (SSSR count). The maximum absolute atomic E-state index is 2.31. The van der Waals surface area contributed by atoms with E-state index in [9.17, 15) is 0 Å². The van der Waals surface area contributed by atoms with Crippen LogP contribution in [0.25, 0.3) is 0 Å². The molecule has 1 saturated heterocycles. The number of hydrogen-bond acceptors (Lipinski definition) is 0. The van der Waals surface area contributed by atoms with Gasteiger partial charge in [-0.3, -0.25) is 4.48 Å². The lowest BCUT2D eigenvalue weighted by atomic mass is 10.0. The van der Waals surface area contributed by atoms with Gasteiger partial charge in [0, 0.05) is 0 Å². The fraction of sp³-hybridized carbons (Fsp3) is 0.571. The molecule has 0 spiro atoms. The van der Waals surface area contributed by atoms with Crippen LogP contribution in [0.2, 0.25) is 0 Å². The summed E-state index contributed by atoms with van der Waals surface area (Å²) in [5.41, 5.74) is 1.53. The molecule has 0 aliphatic carbocycles. The van der Waals surface area contributed by atoms with Crippen molar-refractivity contribution in [2.45, 2.75) is 32.6 Å². The summed E-state index contributed by atoms with van der Waals surface area (Å²) in [7, 11) is 0. The van der Waals surface area contributed by atoms with Crippen molar-refractivity contribution in [1.82, 2.24) is 4.48 Å². The maximum atomic E-state index is 2.31. The van der Waals surface area contributed by atoms with Gasteiger partial charge >= 0.3 is 0 Å². The lowest BCUT2D eigenvalue weighted by molar-refractivity contribution is 0.229. The highest BCUT2D eigenvalue weighted by Crippen LogP contribution is 2.28. The highest BCUT2D eigenvalue weighted by atomic mass is 15.4. The Morgan fingerprint density at radius 1 is 1.00 bits per heavy atom. The molecule has 1 heteroatoms. The van der Waals surface area contributed by atoms with E-state index < -0.39 is 0 Å². The van der Waals surface area contributed by atoms with E-state index in [1.807, 2.05) is 0 Å². The number of likely N-dealkylation sites (tertiary alicyclic amines) is 1. The lowest BCUT2D eigenvalue weighted by Crippen LogP contribution is -2.53. The normalized spacial score (nSPS) is 20.1. The van der Waals surface area contributed by atoms with Crippen LogP contribution in [0.15, 0.2) is 30.3 Å². The van der Waals surface area contributed by atoms with Crippen LogP contribution in [0.3, 0.4) is 0 Å². The number of para-hydroxylation sites is 1. The summed E-state index contributed by atoms with van der Waals surface area (Å²) in [6.45, 7) is 6.30. The van der Waals surface area contributed by atoms with Crippen molar-refractivity contribution in [2.24, 2.45) is 0 Å². The van der Waals surface area contributed by atoms with E-state index in [0.29, 0.717) is 0 Å². The van der Waals surface area contributed by atoms with Crippen LogP contribution in [-0.4, -0.2) is 19.6 Å². The fourth-order valence-electron chi connectivity index (χ4n) is 2.90. The second kappa shape index (κ2) is 4.80. The number of benzene rings is 1. The first-order valence-corrected chi connectivity index (χ1v) is 6.29. The second-order valence-electron chi connectivity index (χ2n) is 4.71.